The summed E-state index contributed by atoms with van der Waals surface area (Å²) in [5.74, 6) is 0.359. The minimum absolute atomic E-state index is 0.115. The van der Waals surface area contributed by atoms with Gasteiger partial charge in [-0.05, 0) is 36.8 Å². The first-order valence-electron chi connectivity index (χ1n) is 8.70. The minimum atomic E-state index is -0.607. The number of carbonyl (C=O) groups excluding carboxylic acids is 1. The highest BCUT2D eigenvalue weighted by Gasteiger charge is 2.27. The summed E-state index contributed by atoms with van der Waals surface area (Å²) in [5, 5.41) is 10.8. The van der Waals surface area contributed by atoms with Gasteiger partial charge < -0.3 is 5.11 Å². The third-order valence-corrected chi connectivity index (χ3v) is 4.62. The average molecular weight is 300 g/mol. The van der Waals surface area contributed by atoms with Crippen molar-refractivity contribution in [3.63, 3.8) is 0 Å². The molecule has 1 fully saturated rings. The monoisotopic (exact) mass is 300 g/mol. The van der Waals surface area contributed by atoms with Crippen molar-refractivity contribution in [2.75, 3.05) is 0 Å². The molecule has 0 spiro atoms. The summed E-state index contributed by atoms with van der Waals surface area (Å²) < 4.78 is 0. The van der Waals surface area contributed by atoms with E-state index in [-0.39, 0.29) is 11.7 Å². The quantitative estimate of drug-likeness (QED) is 0.736. The summed E-state index contributed by atoms with van der Waals surface area (Å²) in [7, 11) is 0. The summed E-state index contributed by atoms with van der Waals surface area (Å²) in [6, 6.07) is 9.87. The van der Waals surface area contributed by atoms with E-state index in [2.05, 4.69) is 6.92 Å². The maximum absolute atomic E-state index is 12.6. The first-order valence-corrected chi connectivity index (χ1v) is 8.70. The highest BCUT2D eigenvalue weighted by atomic mass is 16.3. The van der Waals surface area contributed by atoms with Crippen LogP contribution >= 0.6 is 0 Å². The molecule has 22 heavy (non-hydrogen) atoms. The Bertz CT molecular complexity index is 484. The highest BCUT2D eigenvalue weighted by Crippen LogP contribution is 2.31. The van der Waals surface area contributed by atoms with E-state index in [1.54, 1.807) is 0 Å². The summed E-state index contributed by atoms with van der Waals surface area (Å²) in [4.78, 5) is 12.6. The Balaban J connectivity index is 2.20. The second-order valence-corrected chi connectivity index (χ2v) is 6.38. The Kier molecular flexibility index (Phi) is 6.85. The first-order chi connectivity index (χ1) is 10.7. The van der Waals surface area contributed by atoms with Crippen LogP contribution in [0.5, 0.6) is 0 Å². The molecular weight excluding hydrogens is 272 g/mol. The van der Waals surface area contributed by atoms with Crippen molar-refractivity contribution in [2.24, 2.45) is 5.92 Å². The molecule has 0 saturated heterocycles. The Hall–Kier alpha value is -1.41. The number of unbranched alkanes of at least 4 members (excludes halogenated alkanes) is 1. The Morgan fingerprint density at radius 2 is 1.91 bits per heavy atom. The molecule has 0 radical (unpaired) electrons. The second-order valence-electron chi connectivity index (χ2n) is 6.38. The number of ketones is 1. The normalized spacial score (nSPS) is 18.2. The van der Waals surface area contributed by atoms with Crippen LogP contribution in [0.1, 0.15) is 63.9 Å². The van der Waals surface area contributed by atoms with E-state index in [0.717, 1.165) is 31.2 Å². The van der Waals surface area contributed by atoms with E-state index < -0.39 is 6.10 Å². The minimum Gasteiger partial charge on any atom is -0.388 e. The average Bonchev–Trinajstić information content (AvgIpc) is 2.58. The summed E-state index contributed by atoms with van der Waals surface area (Å²) in [6.07, 6.45) is 9.40. The molecule has 1 saturated carbocycles. The lowest BCUT2D eigenvalue weighted by Gasteiger charge is -2.28. The molecule has 1 N–H and O–H groups in total. The number of Topliss-reactive ketones (excluding diaryl/α,β-unsaturated/α-hetero) is 1. The van der Waals surface area contributed by atoms with Gasteiger partial charge in [0.15, 0.2) is 5.78 Å². The topological polar surface area (TPSA) is 37.3 Å². The number of hydrogen-bond acceptors (Lipinski definition) is 2. The van der Waals surface area contributed by atoms with Crippen molar-refractivity contribution in [3.05, 3.63) is 41.5 Å². The van der Waals surface area contributed by atoms with Gasteiger partial charge in [0, 0.05) is 12.0 Å². The second kappa shape index (κ2) is 8.89. The number of aliphatic hydroxyl groups is 1. The predicted octanol–water partition coefficient (Wildman–Crippen LogP) is 4.77. The van der Waals surface area contributed by atoms with Crippen LogP contribution in [0.15, 0.2) is 35.9 Å². The summed E-state index contributed by atoms with van der Waals surface area (Å²) in [6.45, 7) is 2.09. The molecule has 0 aliphatic heterocycles. The van der Waals surface area contributed by atoms with E-state index in [0.29, 0.717) is 12.0 Å². The van der Waals surface area contributed by atoms with E-state index in [1.165, 1.54) is 19.3 Å². The molecule has 0 bridgehead atoms. The van der Waals surface area contributed by atoms with Crippen LogP contribution in [0.25, 0.3) is 6.08 Å². The Morgan fingerprint density at radius 3 is 2.55 bits per heavy atom. The molecule has 1 aromatic carbocycles. The van der Waals surface area contributed by atoms with Crippen LogP contribution in [0.2, 0.25) is 0 Å². The maximum Gasteiger partial charge on any atom is 0.161 e. The van der Waals surface area contributed by atoms with Gasteiger partial charge in [0.25, 0.3) is 0 Å². The van der Waals surface area contributed by atoms with E-state index in [1.807, 2.05) is 36.4 Å². The smallest absolute Gasteiger partial charge is 0.161 e. The summed E-state index contributed by atoms with van der Waals surface area (Å²) in [5.41, 5.74) is 1.61. The predicted molar refractivity (Wildman–Crippen MR) is 91.5 cm³/mol. The van der Waals surface area contributed by atoms with Crippen molar-refractivity contribution in [1.82, 2.24) is 0 Å². The van der Waals surface area contributed by atoms with Crippen LogP contribution in [0.3, 0.4) is 0 Å². The van der Waals surface area contributed by atoms with Gasteiger partial charge in [0.05, 0.1) is 6.10 Å². The standard InChI is InChI=1S/C20H28O2/c1-2-3-14-19(21)18(15-16-10-6-4-7-11-16)20(22)17-12-8-5-9-13-17/h4,6-7,10-11,15,17,20,22H,2-3,5,8-9,12-14H2,1H3/b18-15+. The Morgan fingerprint density at radius 1 is 1.23 bits per heavy atom. The Labute approximate surface area is 134 Å². The van der Waals surface area contributed by atoms with Gasteiger partial charge in [-0.3, -0.25) is 4.79 Å². The van der Waals surface area contributed by atoms with Gasteiger partial charge in [-0.2, -0.15) is 0 Å². The van der Waals surface area contributed by atoms with E-state index in [4.69, 9.17) is 0 Å². The van der Waals surface area contributed by atoms with Crippen LogP contribution in [-0.4, -0.2) is 17.0 Å². The van der Waals surface area contributed by atoms with E-state index in [9.17, 15) is 9.90 Å². The number of carbonyl (C=O) groups is 1. The molecule has 0 heterocycles. The SMILES string of the molecule is CCCCC(=O)/C(=C\c1ccccc1)C(O)C1CCCCC1. The van der Waals surface area contributed by atoms with Gasteiger partial charge in [0.2, 0.25) is 0 Å². The fourth-order valence-electron chi connectivity index (χ4n) is 3.25. The maximum atomic E-state index is 12.6. The van der Waals surface area contributed by atoms with Crippen molar-refractivity contribution >= 4 is 11.9 Å². The number of aliphatic hydroxyl groups excluding tert-OH is 1. The molecule has 120 valence electrons. The van der Waals surface area contributed by atoms with Gasteiger partial charge >= 0.3 is 0 Å². The lowest BCUT2D eigenvalue weighted by atomic mass is 9.80. The third kappa shape index (κ3) is 4.81. The zero-order valence-electron chi connectivity index (χ0n) is 13.6. The molecule has 1 aliphatic rings. The van der Waals surface area contributed by atoms with Crippen molar-refractivity contribution in [2.45, 2.75) is 64.4 Å². The molecule has 1 aliphatic carbocycles. The van der Waals surface area contributed by atoms with Gasteiger partial charge in [0.1, 0.15) is 0 Å². The van der Waals surface area contributed by atoms with Crippen LogP contribution in [0, 0.1) is 5.92 Å². The molecule has 1 aromatic rings. The molecule has 2 heteroatoms. The molecule has 2 rings (SSSR count). The molecule has 1 atom stereocenters. The molecule has 1 unspecified atom stereocenters. The zero-order valence-corrected chi connectivity index (χ0v) is 13.6. The highest BCUT2D eigenvalue weighted by molar-refractivity contribution is 6.00. The lowest BCUT2D eigenvalue weighted by molar-refractivity contribution is -0.117. The third-order valence-electron chi connectivity index (χ3n) is 4.62. The fraction of sp³-hybridized carbons (Fsp3) is 0.550. The lowest BCUT2D eigenvalue weighted by Crippen LogP contribution is -2.28. The molecule has 0 amide bonds. The van der Waals surface area contributed by atoms with Crippen molar-refractivity contribution in [1.29, 1.82) is 0 Å². The molecule has 0 aromatic heterocycles. The number of hydrogen-bond donors (Lipinski definition) is 1. The van der Waals surface area contributed by atoms with Crippen LogP contribution < -0.4 is 0 Å². The van der Waals surface area contributed by atoms with Crippen LogP contribution in [-0.2, 0) is 4.79 Å². The first kappa shape index (κ1) is 17.0. The summed E-state index contributed by atoms with van der Waals surface area (Å²) >= 11 is 0. The molecular formula is C20H28O2. The van der Waals surface area contributed by atoms with Gasteiger partial charge in [-0.15, -0.1) is 0 Å². The van der Waals surface area contributed by atoms with Crippen LogP contribution in [0.4, 0.5) is 0 Å². The van der Waals surface area contributed by atoms with Gasteiger partial charge in [-0.1, -0.05) is 62.9 Å². The van der Waals surface area contributed by atoms with E-state index >= 15 is 0 Å². The number of rotatable bonds is 7. The number of benzene rings is 1. The van der Waals surface area contributed by atoms with Crippen molar-refractivity contribution < 1.29 is 9.90 Å². The largest absolute Gasteiger partial charge is 0.388 e. The molecule has 2 nitrogen and oxygen atoms in total. The van der Waals surface area contributed by atoms with Gasteiger partial charge in [-0.25, -0.2) is 0 Å². The fourth-order valence-corrected chi connectivity index (χ4v) is 3.25. The van der Waals surface area contributed by atoms with Crippen molar-refractivity contribution in [3.8, 4) is 0 Å². The zero-order chi connectivity index (χ0) is 15.8.